The minimum atomic E-state index is 0.902. The summed E-state index contributed by atoms with van der Waals surface area (Å²) in [6.07, 6.45) is 0. The Balaban J connectivity index is 1.47. The SMILES string of the molecule is c1ccc2c(c1)ccc1oc3cc(-c4cccc5ccc6c7ccccc7oc6c45)c4ccccc4c3c12. The summed E-state index contributed by atoms with van der Waals surface area (Å²) in [5.41, 5.74) is 5.95. The molecule has 2 aromatic heterocycles. The van der Waals surface area contributed by atoms with E-state index in [0.29, 0.717) is 0 Å². The third-order valence-electron chi connectivity index (χ3n) is 8.05. The summed E-state index contributed by atoms with van der Waals surface area (Å²) >= 11 is 0. The standard InChI is InChI=1S/C36H20O2/c1-2-10-23-21(8-1)17-19-31-34(23)35-26-13-4-3-11-24(26)29(20-32(35)37-31)27-14-7-9-22-16-18-28-25-12-5-6-15-30(25)38-36(28)33(22)27/h1-20H. The van der Waals surface area contributed by atoms with E-state index >= 15 is 0 Å². The number of furan rings is 2. The Morgan fingerprint density at radius 2 is 1.05 bits per heavy atom. The van der Waals surface area contributed by atoms with Gasteiger partial charge < -0.3 is 8.83 Å². The van der Waals surface area contributed by atoms with Crippen LogP contribution in [0.15, 0.2) is 130 Å². The third-order valence-corrected chi connectivity index (χ3v) is 8.05. The molecule has 0 amide bonds. The lowest BCUT2D eigenvalue weighted by Crippen LogP contribution is -1.86. The van der Waals surface area contributed by atoms with Crippen LogP contribution < -0.4 is 0 Å². The topological polar surface area (TPSA) is 26.3 Å². The highest BCUT2D eigenvalue weighted by Crippen LogP contribution is 2.45. The molecule has 38 heavy (non-hydrogen) atoms. The maximum atomic E-state index is 6.55. The molecule has 0 radical (unpaired) electrons. The fourth-order valence-electron chi connectivity index (χ4n) is 6.40. The first-order valence-corrected chi connectivity index (χ1v) is 12.9. The molecule has 9 aromatic rings. The highest BCUT2D eigenvalue weighted by Gasteiger charge is 2.19. The maximum Gasteiger partial charge on any atom is 0.143 e. The zero-order valence-corrected chi connectivity index (χ0v) is 20.4. The normalized spacial score (nSPS) is 12.2. The van der Waals surface area contributed by atoms with E-state index in [1.54, 1.807) is 0 Å². The lowest BCUT2D eigenvalue weighted by molar-refractivity contribution is 0.669. The van der Waals surface area contributed by atoms with Crippen molar-refractivity contribution in [1.29, 1.82) is 0 Å². The number of hydrogen-bond acceptors (Lipinski definition) is 2. The van der Waals surface area contributed by atoms with Gasteiger partial charge in [0.25, 0.3) is 0 Å². The van der Waals surface area contributed by atoms with Crippen LogP contribution in [0, 0.1) is 0 Å². The number of hydrogen-bond donors (Lipinski definition) is 0. The minimum absolute atomic E-state index is 0.902. The van der Waals surface area contributed by atoms with E-state index in [4.69, 9.17) is 8.83 Å². The zero-order valence-electron chi connectivity index (χ0n) is 20.4. The van der Waals surface area contributed by atoms with Gasteiger partial charge in [-0.25, -0.2) is 0 Å². The van der Waals surface area contributed by atoms with Gasteiger partial charge in [-0.3, -0.25) is 0 Å². The Morgan fingerprint density at radius 1 is 0.342 bits per heavy atom. The van der Waals surface area contributed by atoms with Crippen LogP contribution in [0.25, 0.3) is 87.3 Å². The first-order valence-electron chi connectivity index (χ1n) is 12.9. The summed E-state index contributed by atoms with van der Waals surface area (Å²) in [5, 5.41) is 11.8. The Kier molecular flexibility index (Phi) is 3.82. The highest BCUT2D eigenvalue weighted by atomic mass is 16.3. The van der Waals surface area contributed by atoms with E-state index in [9.17, 15) is 0 Å². The second-order valence-corrected chi connectivity index (χ2v) is 10.0. The van der Waals surface area contributed by atoms with Gasteiger partial charge in [-0.2, -0.15) is 0 Å². The molecular formula is C36H20O2. The lowest BCUT2D eigenvalue weighted by Gasteiger charge is -2.12. The van der Waals surface area contributed by atoms with Gasteiger partial charge >= 0.3 is 0 Å². The van der Waals surface area contributed by atoms with Crippen molar-refractivity contribution in [2.75, 3.05) is 0 Å². The van der Waals surface area contributed by atoms with E-state index in [0.717, 1.165) is 55.0 Å². The van der Waals surface area contributed by atoms with Gasteiger partial charge in [-0.15, -0.1) is 0 Å². The smallest absolute Gasteiger partial charge is 0.143 e. The van der Waals surface area contributed by atoms with Gasteiger partial charge in [0.2, 0.25) is 0 Å². The molecule has 0 saturated heterocycles. The quantitative estimate of drug-likeness (QED) is 0.232. The first kappa shape index (κ1) is 20.0. The van der Waals surface area contributed by atoms with E-state index in [2.05, 4.69) is 109 Å². The number of benzene rings is 7. The molecule has 2 nitrogen and oxygen atoms in total. The van der Waals surface area contributed by atoms with Crippen molar-refractivity contribution in [3.8, 4) is 11.1 Å². The van der Waals surface area contributed by atoms with Crippen LogP contribution in [-0.4, -0.2) is 0 Å². The zero-order chi connectivity index (χ0) is 24.8. The van der Waals surface area contributed by atoms with Crippen molar-refractivity contribution in [1.82, 2.24) is 0 Å². The van der Waals surface area contributed by atoms with Crippen LogP contribution >= 0.6 is 0 Å². The summed E-state index contributed by atoms with van der Waals surface area (Å²) in [7, 11) is 0. The number of para-hydroxylation sites is 1. The van der Waals surface area contributed by atoms with E-state index < -0.39 is 0 Å². The van der Waals surface area contributed by atoms with Crippen molar-refractivity contribution in [2.45, 2.75) is 0 Å². The van der Waals surface area contributed by atoms with Crippen LogP contribution in [0.1, 0.15) is 0 Å². The Bertz CT molecular complexity index is 2400. The summed E-state index contributed by atoms with van der Waals surface area (Å²) in [4.78, 5) is 0. The van der Waals surface area contributed by atoms with Crippen LogP contribution in [0.3, 0.4) is 0 Å². The Morgan fingerprint density at radius 3 is 1.97 bits per heavy atom. The van der Waals surface area contributed by atoms with Gasteiger partial charge in [0.15, 0.2) is 0 Å². The maximum absolute atomic E-state index is 6.55. The Labute approximate surface area is 217 Å². The van der Waals surface area contributed by atoms with Crippen molar-refractivity contribution < 1.29 is 8.83 Å². The fourth-order valence-corrected chi connectivity index (χ4v) is 6.40. The van der Waals surface area contributed by atoms with Gasteiger partial charge in [-0.1, -0.05) is 97.1 Å². The van der Waals surface area contributed by atoms with Gasteiger partial charge in [0.05, 0.1) is 0 Å². The number of fused-ring (bicyclic) bond motifs is 12. The van der Waals surface area contributed by atoms with E-state index in [1.165, 1.54) is 32.3 Å². The molecule has 0 saturated carbocycles. The van der Waals surface area contributed by atoms with Crippen molar-refractivity contribution in [3.63, 3.8) is 0 Å². The summed E-state index contributed by atoms with van der Waals surface area (Å²) < 4.78 is 13.1. The summed E-state index contributed by atoms with van der Waals surface area (Å²) in [5.74, 6) is 0. The van der Waals surface area contributed by atoms with Gasteiger partial charge in [0, 0.05) is 26.9 Å². The monoisotopic (exact) mass is 484 g/mol. The molecular weight excluding hydrogens is 464 g/mol. The highest BCUT2D eigenvalue weighted by molar-refractivity contribution is 6.29. The molecule has 0 aliphatic carbocycles. The molecule has 0 spiro atoms. The molecule has 0 fully saturated rings. The molecule has 9 rings (SSSR count). The average molecular weight is 485 g/mol. The summed E-state index contributed by atoms with van der Waals surface area (Å²) in [6.45, 7) is 0. The predicted octanol–water partition coefficient (Wildman–Crippen LogP) is 10.6. The Hall–Kier alpha value is -5.08. The largest absolute Gasteiger partial charge is 0.456 e. The van der Waals surface area contributed by atoms with E-state index in [1.807, 2.05) is 12.1 Å². The van der Waals surface area contributed by atoms with Gasteiger partial charge in [0.1, 0.15) is 22.3 Å². The van der Waals surface area contributed by atoms with E-state index in [-0.39, 0.29) is 0 Å². The second kappa shape index (κ2) is 7.24. The molecule has 0 atom stereocenters. The molecule has 7 aromatic carbocycles. The number of rotatable bonds is 1. The van der Waals surface area contributed by atoms with Gasteiger partial charge in [-0.05, 0) is 62.3 Å². The fraction of sp³-hybridized carbons (Fsp3) is 0. The van der Waals surface area contributed by atoms with Crippen LogP contribution in [0.2, 0.25) is 0 Å². The molecule has 176 valence electrons. The molecule has 0 aliphatic rings. The van der Waals surface area contributed by atoms with Crippen LogP contribution in [0.4, 0.5) is 0 Å². The van der Waals surface area contributed by atoms with Crippen molar-refractivity contribution in [3.05, 3.63) is 121 Å². The van der Waals surface area contributed by atoms with Crippen molar-refractivity contribution >= 4 is 76.2 Å². The third kappa shape index (κ3) is 2.56. The summed E-state index contributed by atoms with van der Waals surface area (Å²) in [6, 6.07) is 42.9. The molecule has 2 heterocycles. The predicted molar refractivity (Wildman–Crippen MR) is 159 cm³/mol. The minimum Gasteiger partial charge on any atom is -0.456 e. The second-order valence-electron chi connectivity index (χ2n) is 10.0. The van der Waals surface area contributed by atoms with Crippen LogP contribution in [0.5, 0.6) is 0 Å². The molecule has 0 N–H and O–H groups in total. The average Bonchev–Trinajstić information content (AvgIpc) is 3.55. The first-order chi connectivity index (χ1) is 18.8. The lowest BCUT2D eigenvalue weighted by atomic mass is 9.91. The van der Waals surface area contributed by atoms with Crippen molar-refractivity contribution in [2.24, 2.45) is 0 Å². The molecule has 0 unspecified atom stereocenters. The van der Waals surface area contributed by atoms with Crippen LogP contribution in [-0.2, 0) is 0 Å². The molecule has 0 aliphatic heterocycles. The molecule has 0 bridgehead atoms. The molecule has 2 heteroatoms.